The minimum atomic E-state index is -0.752. The number of carboxylic acid groups (broad SMARTS) is 1. The highest BCUT2D eigenvalue weighted by Crippen LogP contribution is 2.35. The van der Waals surface area contributed by atoms with E-state index in [-0.39, 0.29) is 0 Å². The molecule has 1 saturated carbocycles. The average Bonchev–Trinajstić information content (AvgIpc) is 3.10. The largest absolute Gasteiger partial charge is 0.480 e. The minimum absolute atomic E-state index is 0.292. The number of aryl methyl sites for hydroxylation is 1. The third-order valence-corrected chi connectivity index (χ3v) is 3.61. The number of benzene rings is 1. The number of carbonyl (C=O) groups is 1. The van der Waals surface area contributed by atoms with Gasteiger partial charge in [0.15, 0.2) is 0 Å². The number of anilines is 1. The highest BCUT2D eigenvalue weighted by molar-refractivity contribution is 9.10. The summed E-state index contributed by atoms with van der Waals surface area (Å²) in [5.41, 5.74) is 2.08. The van der Waals surface area contributed by atoms with E-state index < -0.39 is 12.0 Å². The SMILES string of the molecule is CCc1cc(Br)ccc1NC(C(=O)O)C1CC1. The van der Waals surface area contributed by atoms with Gasteiger partial charge in [-0.2, -0.15) is 0 Å². The molecule has 2 rings (SSSR count). The van der Waals surface area contributed by atoms with Crippen LogP contribution >= 0.6 is 15.9 Å². The van der Waals surface area contributed by atoms with Gasteiger partial charge in [-0.25, -0.2) is 4.79 Å². The summed E-state index contributed by atoms with van der Waals surface area (Å²) in [6, 6.07) is 5.48. The average molecular weight is 298 g/mol. The van der Waals surface area contributed by atoms with E-state index in [1.165, 1.54) is 0 Å². The van der Waals surface area contributed by atoms with Crippen LogP contribution in [0.5, 0.6) is 0 Å². The Balaban J connectivity index is 2.18. The van der Waals surface area contributed by atoms with Crippen LogP contribution in [0, 0.1) is 5.92 Å². The van der Waals surface area contributed by atoms with E-state index in [2.05, 4.69) is 28.2 Å². The minimum Gasteiger partial charge on any atom is -0.480 e. The molecule has 4 heteroatoms. The molecule has 1 atom stereocenters. The smallest absolute Gasteiger partial charge is 0.326 e. The van der Waals surface area contributed by atoms with Gasteiger partial charge in [0.25, 0.3) is 0 Å². The topological polar surface area (TPSA) is 49.3 Å². The molecule has 1 aliphatic rings. The second-order valence-corrected chi connectivity index (χ2v) is 5.37. The Labute approximate surface area is 109 Å². The molecule has 1 aliphatic carbocycles. The molecule has 0 saturated heterocycles. The van der Waals surface area contributed by atoms with Gasteiger partial charge in [-0.3, -0.25) is 0 Å². The summed E-state index contributed by atoms with van der Waals surface area (Å²) in [4.78, 5) is 11.2. The Morgan fingerprint density at radius 1 is 1.59 bits per heavy atom. The molecule has 0 aliphatic heterocycles. The Hall–Kier alpha value is -1.03. The van der Waals surface area contributed by atoms with Crippen LogP contribution < -0.4 is 5.32 Å². The van der Waals surface area contributed by atoms with Gasteiger partial charge in [-0.05, 0) is 48.9 Å². The van der Waals surface area contributed by atoms with Gasteiger partial charge < -0.3 is 10.4 Å². The first-order chi connectivity index (χ1) is 8.11. The van der Waals surface area contributed by atoms with Gasteiger partial charge in [0.1, 0.15) is 6.04 Å². The zero-order valence-corrected chi connectivity index (χ0v) is 11.3. The van der Waals surface area contributed by atoms with Gasteiger partial charge in [0, 0.05) is 10.2 Å². The monoisotopic (exact) mass is 297 g/mol. The molecule has 1 aromatic rings. The van der Waals surface area contributed by atoms with Crippen LogP contribution in [0.3, 0.4) is 0 Å². The van der Waals surface area contributed by atoms with Crippen molar-refractivity contribution in [1.29, 1.82) is 0 Å². The molecular formula is C13H16BrNO2. The third-order valence-electron chi connectivity index (χ3n) is 3.12. The zero-order valence-electron chi connectivity index (χ0n) is 9.74. The summed E-state index contributed by atoms with van der Waals surface area (Å²) in [6.45, 7) is 2.07. The van der Waals surface area contributed by atoms with Crippen LogP contribution in [-0.2, 0) is 11.2 Å². The Bertz CT molecular complexity index is 429. The van der Waals surface area contributed by atoms with Crippen molar-refractivity contribution in [3.05, 3.63) is 28.2 Å². The third kappa shape index (κ3) is 3.00. The van der Waals surface area contributed by atoms with Gasteiger partial charge in [-0.15, -0.1) is 0 Å². The predicted octanol–water partition coefficient (Wildman–Crippen LogP) is 3.29. The van der Waals surface area contributed by atoms with Crippen LogP contribution in [0.15, 0.2) is 22.7 Å². The maximum Gasteiger partial charge on any atom is 0.326 e. The molecule has 0 heterocycles. The standard InChI is InChI=1S/C13H16BrNO2/c1-2-8-7-10(14)5-6-11(8)15-12(13(16)17)9-3-4-9/h5-7,9,12,15H,2-4H2,1H3,(H,16,17). The highest BCUT2D eigenvalue weighted by atomic mass is 79.9. The first-order valence-corrected chi connectivity index (χ1v) is 6.69. The lowest BCUT2D eigenvalue weighted by molar-refractivity contribution is -0.138. The lowest BCUT2D eigenvalue weighted by Crippen LogP contribution is -2.31. The summed E-state index contributed by atoms with van der Waals surface area (Å²) in [7, 11) is 0. The molecule has 17 heavy (non-hydrogen) atoms. The van der Waals surface area contributed by atoms with E-state index in [4.69, 9.17) is 0 Å². The van der Waals surface area contributed by atoms with E-state index in [9.17, 15) is 9.90 Å². The van der Waals surface area contributed by atoms with Crippen LogP contribution in [0.4, 0.5) is 5.69 Å². The van der Waals surface area contributed by atoms with Gasteiger partial charge in [0.2, 0.25) is 0 Å². The van der Waals surface area contributed by atoms with Crippen LogP contribution in [0.1, 0.15) is 25.3 Å². The number of nitrogens with one attached hydrogen (secondary N) is 1. The van der Waals surface area contributed by atoms with Crippen LogP contribution in [-0.4, -0.2) is 17.1 Å². The zero-order chi connectivity index (χ0) is 12.4. The van der Waals surface area contributed by atoms with E-state index in [0.29, 0.717) is 5.92 Å². The molecule has 0 bridgehead atoms. The molecule has 1 unspecified atom stereocenters. The van der Waals surface area contributed by atoms with Crippen molar-refractivity contribution in [2.45, 2.75) is 32.2 Å². The highest BCUT2D eigenvalue weighted by Gasteiger charge is 2.36. The van der Waals surface area contributed by atoms with E-state index in [0.717, 1.165) is 35.0 Å². The number of carboxylic acids is 1. The van der Waals surface area contributed by atoms with Crippen LogP contribution in [0.2, 0.25) is 0 Å². The van der Waals surface area contributed by atoms with E-state index in [1.807, 2.05) is 18.2 Å². The second kappa shape index (κ2) is 5.08. The summed E-state index contributed by atoms with van der Waals surface area (Å²) in [5, 5.41) is 12.4. The van der Waals surface area contributed by atoms with Gasteiger partial charge >= 0.3 is 5.97 Å². The lowest BCUT2D eigenvalue weighted by atomic mass is 10.1. The van der Waals surface area contributed by atoms with Crippen molar-refractivity contribution in [3.8, 4) is 0 Å². The fraction of sp³-hybridized carbons (Fsp3) is 0.462. The first kappa shape index (κ1) is 12.4. The van der Waals surface area contributed by atoms with Crippen molar-refractivity contribution in [1.82, 2.24) is 0 Å². The second-order valence-electron chi connectivity index (χ2n) is 4.45. The summed E-state index contributed by atoms with van der Waals surface area (Å²) < 4.78 is 1.03. The number of rotatable bonds is 5. The number of halogens is 1. The van der Waals surface area contributed by atoms with Crippen molar-refractivity contribution < 1.29 is 9.90 Å². The molecule has 92 valence electrons. The predicted molar refractivity (Wildman–Crippen MR) is 71.3 cm³/mol. The van der Waals surface area contributed by atoms with Crippen molar-refractivity contribution in [2.75, 3.05) is 5.32 Å². The van der Waals surface area contributed by atoms with Crippen molar-refractivity contribution in [2.24, 2.45) is 5.92 Å². The quantitative estimate of drug-likeness (QED) is 0.877. The molecular weight excluding hydrogens is 282 g/mol. The Kier molecular flexibility index (Phi) is 3.72. The fourth-order valence-electron chi connectivity index (χ4n) is 1.97. The van der Waals surface area contributed by atoms with Crippen LogP contribution in [0.25, 0.3) is 0 Å². The maximum atomic E-state index is 11.2. The fourth-order valence-corrected chi connectivity index (χ4v) is 2.38. The molecule has 2 N–H and O–H groups in total. The van der Waals surface area contributed by atoms with E-state index >= 15 is 0 Å². The summed E-state index contributed by atoms with van der Waals surface area (Å²) in [6.07, 6.45) is 2.92. The van der Waals surface area contributed by atoms with Gasteiger partial charge in [-0.1, -0.05) is 22.9 Å². The maximum absolute atomic E-state index is 11.2. The summed E-state index contributed by atoms with van der Waals surface area (Å²) in [5.74, 6) is -0.460. The first-order valence-electron chi connectivity index (χ1n) is 5.89. The number of hydrogen-bond acceptors (Lipinski definition) is 2. The Morgan fingerprint density at radius 2 is 2.29 bits per heavy atom. The normalized spacial score (nSPS) is 16.6. The molecule has 1 fully saturated rings. The summed E-state index contributed by atoms with van der Waals surface area (Å²) >= 11 is 3.43. The molecule has 3 nitrogen and oxygen atoms in total. The number of aliphatic carboxylic acids is 1. The Morgan fingerprint density at radius 3 is 2.82 bits per heavy atom. The number of hydrogen-bond donors (Lipinski definition) is 2. The molecule has 0 aromatic heterocycles. The molecule has 0 radical (unpaired) electrons. The van der Waals surface area contributed by atoms with Crippen molar-refractivity contribution >= 4 is 27.6 Å². The molecule has 0 spiro atoms. The molecule has 1 aromatic carbocycles. The molecule has 0 amide bonds. The van der Waals surface area contributed by atoms with Gasteiger partial charge in [0.05, 0.1) is 0 Å². The lowest BCUT2D eigenvalue weighted by Gasteiger charge is -2.17. The van der Waals surface area contributed by atoms with E-state index in [1.54, 1.807) is 0 Å². The van der Waals surface area contributed by atoms with Crippen molar-refractivity contribution in [3.63, 3.8) is 0 Å².